The highest BCUT2D eigenvalue weighted by Gasteiger charge is 2.21. The Morgan fingerprint density at radius 1 is 1.50 bits per heavy atom. The fourth-order valence-corrected chi connectivity index (χ4v) is 2.81. The van der Waals surface area contributed by atoms with E-state index in [1.807, 2.05) is 0 Å². The molecule has 0 aliphatic heterocycles. The topological polar surface area (TPSA) is 114 Å². The maximum Gasteiger partial charge on any atom is 0.267 e. The first-order chi connectivity index (χ1) is 8.42. The van der Waals surface area contributed by atoms with Gasteiger partial charge in [0.25, 0.3) is 10.0 Å². The molecule has 18 heavy (non-hydrogen) atoms. The number of aromatic nitrogens is 3. The highest BCUT2D eigenvalue weighted by molar-refractivity contribution is 7.92. The van der Waals surface area contributed by atoms with Crippen LogP contribution in [0.25, 0.3) is 0 Å². The van der Waals surface area contributed by atoms with E-state index < -0.39 is 10.0 Å². The van der Waals surface area contributed by atoms with Crippen LogP contribution in [0.5, 0.6) is 0 Å². The molecule has 0 bridgehead atoms. The highest BCUT2D eigenvalue weighted by atomic mass is 35.5. The van der Waals surface area contributed by atoms with E-state index in [1.165, 1.54) is 6.20 Å². The maximum absolute atomic E-state index is 12.1. The number of hydrogen-bond acceptors (Lipinski definition) is 5. The Balaban J connectivity index is 2.44. The van der Waals surface area contributed by atoms with Crippen LogP contribution in [0.3, 0.4) is 0 Å². The molecule has 0 aliphatic carbocycles. The van der Waals surface area contributed by atoms with Gasteiger partial charge in [-0.1, -0.05) is 11.6 Å². The maximum atomic E-state index is 12.1. The van der Waals surface area contributed by atoms with Gasteiger partial charge in [0.1, 0.15) is 10.7 Å². The standard InChI is InChI=1S/C9H10ClN5O2S/c1-5-2-3-12-8(10)7(5)15-18(16,17)6-4-13-14-9(6)11/h2-4,15H,1H3,(H3,11,13,14). The summed E-state index contributed by atoms with van der Waals surface area (Å²) in [6.07, 6.45) is 2.61. The van der Waals surface area contributed by atoms with E-state index in [2.05, 4.69) is 19.9 Å². The Kier molecular flexibility index (Phi) is 3.14. The predicted molar refractivity (Wildman–Crippen MR) is 67.8 cm³/mol. The SMILES string of the molecule is Cc1ccnc(Cl)c1NS(=O)(=O)c1cn[nH]c1N. The Hall–Kier alpha value is -1.80. The summed E-state index contributed by atoms with van der Waals surface area (Å²) in [4.78, 5) is 3.67. The van der Waals surface area contributed by atoms with Gasteiger partial charge in [0.05, 0.1) is 11.9 Å². The van der Waals surface area contributed by atoms with Gasteiger partial charge in [-0.15, -0.1) is 0 Å². The van der Waals surface area contributed by atoms with Crippen molar-refractivity contribution in [2.45, 2.75) is 11.8 Å². The van der Waals surface area contributed by atoms with Crippen molar-refractivity contribution in [3.8, 4) is 0 Å². The second-order valence-corrected chi connectivity index (χ2v) is 5.56. The van der Waals surface area contributed by atoms with Crippen LogP contribution in [0, 0.1) is 6.92 Å². The molecule has 0 amide bonds. The number of hydrogen-bond donors (Lipinski definition) is 3. The summed E-state index contributed by atoms with van der Waals surface area (Å²) in [7, 11) is -3.84. The summed E-state index contributed by atoms with van der Waals surface area (Å²) in [6, 6.07) is 1.64. The van der Waals surface area contributed by atoms with Gasteiger partial charge in [0, 0.05) is 6.20 Å². The molecule has 9 heteroatoms. The number of nitrogen functional groups attached to an aromatic ring is 1. The first kappa shape index (κ1) is 12.7. The third-order valence-electron chi connectivity index (χ3n) is 2.27. The predicted octanol–water partition coefficient (Wildman–Crippen LogP) is 1.15. The lowest BCUT2D eigenvalue weighted by molar-refractivity contribution is 0.601. The second-order valence-electron chi connectivity index (χ2n) is 3.55. The lowest BCUT2D eigenvalue weighted by Crippen LogP contribution is -2.15. The second kappa shape index (κ2) is 4.46. The Morgan fingerprint density at radius 3 is 2.78 bits per heavy atom. The molecule has 2 aromatic rings. The molecule has 0 atom stereocenters. The zero-order chi connectivity index (χ0) is 13.3. The number of nitrogens with zero attached hydrogens (tertiary/aromatic N) is 2. The number of pyridine rings is 1. The number of nitrogens with two attached hydrogens (primary N) is 1. The number of rotatable bonds is 3. The number of nitrogens with one attached hydrogen (secondary N) is 2. The van der Waals surface area contributed by atoms with Crippen molar-refractivity contribution in [3.05, 3.63) is 29.2 Å². The van der Waals surface area contributed by atoms with Crippen LogP contribution in [0.15, 0.2) is 23.4 Å². The summed E-state index contributed by atoms with van der Waals surface area (Å²) in [5.41, 5.74) is 6.35. The van der Waals surface area contributed by atoms with Crippen LogP contribution in [-0.2, 0) is 10.0 Å². The lowest BCUT2D eigenvalue weighted by atomic mass is 10.3. The molecule has 7 nitrogen and oxygen atoms in total. The van der Waals surface area contributed by atoms with Crippen molar-refractivity contribution in [2.75, 3.05) is 10.5 Å². The molecule has 4 N–H and O–H groups in total. The van der Waals surface area contributed by atoms with E-state index in [9.17, 15) is 8.42 Å². The van der Waals surface area contributed by atoms with E-state index >= 15 is 0 Å². The van der Waals surface area contributed by atoms with Crippen molar-refractivity contribution in [3.63, 3.8) is 0 Å². The molecule has 0 fully saturated rings. The minimum absolute atomic E-state index is 0.0415. The summed E-state index contributed by atoms with van der Waals surface area (Å²) in [6.45, 7) is 1.71. The number of halogens is 1. The van der Waals surface area contributed by atoms with Crippen molar-refractivity contribution in [2.24, 2.45) is 0 Å². The molecular formula is C9H10ClN5O2S. The quantitative estimate of drug-likeness (QED) is 0.733. The largest absolute Gasteiger partial charge is 0.383 e. The number of anilines is 2. The highest BCUT2D eigenvalue weighted by Crippen LogP contribution is 2.26. The molecule has 0 unspecified atom stereocenters. The normalized spacial score (nSPS) is 11.4. The molecule has 0 saturated heterocycles. The lowest BCUT2D eigenvalue weighted by Gasteiger charge is -2.10. The van der Waals surface area contributed by atoms with Crippen molar-refractivity contribution in [1.29, 1.82) is 0 Å². The number of aromatic amines is 1. The third kappa shape index (κ3) is 2.24. The Labute approximate surface area is 108 Å². The zero-order valence-corrected chi connectivity index (χ0v) is 10.9. The van der Waals surface area contributed by atoms with Crippen molar-refractivity contribution >= 4 is 33.1 Å². The summed E-state index contributed by atoms with van der Waals surface area (Å²) in [5.74, 6) is -0.0415. The van der Waals surface area contributed by atoms with E-state index in [4.69, 9.17) is 17.3 Å². The zero-order valence-electron chi connectivity index (χ0n) is 9.31. The molecular weight excluding hydrogens is 278 g/mol. The smallest absolute Gasteiger partial charge is 0.267 e. The van der Waals surface area contributed by atoms with E-state index in [-0.39, 0.29) is 21.6 Å². The molecule has 0 saturated carbocycles. The van der Waals surface area contributed by atoms with Crippen molar-refractivity contribution in [1.82, 2.24) is 15.2 Å². The molecule has 0 radical (unpaired) electrons. The van der Waals surface area contributed by atoms with Gasteiger partial charge in [-0.3, -0.25) is 9.82 Å². The van der Waals surface area contributed by atoms with Gasteiger partial charge in [-0.25, -0.2) is 13.4 Å². The van der Waals surface area contributed by atoms with Crippen LogP contribution in [-0.4, -0.2) is 23.6 Å². The molecule has 0 spiro atoms. The fraction of sp³-hybridized carbons (Fsp3) is 0.111. The van der Waals surface area contributed by atoms with Gasteiger partial charge in [0.2, 0.25) is 0 Å². The van der Waals surface area contributed by atoms with Gasteiger partial charge in [0.15, 0.2) is 5.15 Å². The summed E-state index contributed by atoms with van der Waals surface area (Å²) in [5, 5.41) is 5.98. The minimum atomic E-state index is -3.84. The van der Waals surface area contributed by atoms with Gasteiger partial charge < -0.3 is 5.73 Å². The van der Waals surface area contributed by atoms with Crippen LogP contribution >= 0.6 is 11.6 Å². The monoisotopic (exact) mass is 287 g/mol. The molecule has 2 aromatic heterocycles. The molecule has 96 valence electrons. The molecule has 0 aromatic carbocycles. The molecule has 0 aliphatic rings. The first-order valence-corrected chi connectivity index (χ1v) is 6.70. The minimum Gasteiger partial charge on any atom is -0.383 e. The average Bonchev–Trinajstić information content (AvgIpc) is 2.71. The summed E-state index contributed by atoms with van der Waals surface area (Å²) < 4.78 is 26.4. The van der Waals surface area contributed by atoms with Gasteiger partial charge >= 0.3 is 0 Å². The molecule has 2 rings (SSSR count). The number of H-pyrrole nitrogens is 1. The van der Waals surface area contributed by atoms with Crippen LogP contribution in [0.1, 0.15) is 5.56 Å². The number of sulfonamides is 1. The van der Waals surface area contributed by atoms with E-state index in [0.717, 1.165) is 6.20 Å². The van der Waals surface area contributed by atoms with Crippen LogP contribution in [0.2, 0.25) is 5.15 Å². The van der Waals surface area contributed by atoms with Crippen LogP contribution < -0.4 is 10.5 Å². The summed E-state index contributed by atoms with van der Waals surface area (Å²) >= 11 is 5.84. The Morgan fingerprint density at radius 2 is 2.22 bits per heavy atom. The fourth-order valence-electron chi connectivity index (χ4n) is 1.34. The molecule has 2 heterocycles. The Bertz CT molecular complexity index is 662. The van der Waals surface area contributed by atoms with Gasteiger partial charge in [-0.05, 0) is 18.6 Å². The first-order valence-electron chi connectivity index (χ1n) is 4.84. The van der Waals surface area contributed by atoms with E-state index in [0.29, 0.717) is 5.56 Å². The van der Waals surface area contributed by atoms with Crippen LogP contribution in [0.4, 0.5) is 11.5 Å². The van der Waals surface area contributed by atoms with E-state index in [1.54, 1.807) is 13.0 Å². The van der Waals surface area contributed by atoms with Crippen molar-refractivity contribution < 1.29 is 8.42 Å². The van der Waals surface area contributed by atoms with Gasteiger partial charge in [-0.2, -0.15) is 5.10 Å². The number of aryl methyl sites for hydroxylation is 1. The average molecular weight is 288 g/mol. The third-order valence-corrected chi connectivity index (χ3v) is 3.94.